The molecule has 0 bridgehead atoms. The van der Waals surface area contributed by atoms with Gasteiger partial charge in [-0.3, -0.25) is 0 Å². The molecule has 0 radical (unpaired) electrons. The number of hydrogen-bond acceptors (Lipinski definition) is 7. The van der Waals surface area contributed by atoms with Gasteiger partial charge in [-0.2, -0.15) is 0 Å². The maximum absolute atomic E-state index is 14.9. The summed E-state index contributed by atoms with van der Waals surface area (Å²) in [6.07, 6.45) is 2.71. The molecule has 0 spiro atoms. The first-order chi connectivity index (χ1) is 12.8. The van der Waals surface area contributed by atoms with Crippen LogP contribution in [0.4, 0.5) is 10.2 Å². The van der Waals surface area contributed by atoms with Crippen LogP contribution in [0, 0.1) is 5.82 Å². The minimum Gasteiger partial charge on any atom is -0.489 e. The van der Waals surface area contributed by atoms with Gasteiger partial charge in [-0.25, -0.2) is 22.8 Å². The molecule has 2 aliphatic rings. The zero-order valence-corrected chi connectivity index (χ0v) is 17.5. The number of sulfone groups is 1. The Labute approximate surface area is 168 Å². The highest BCUT2D eigenvalue weighted by Gasteiger charge is 2.33. The molecule has 1 aromatic heterocycles. The summed E-state index contributed by atoms with van der Waals surface area (Å²) in [6, 6.07) is -0.0238. The van der Waals surface area contributed by atoms with Crippen LogP contribution in [0.2, 0.25) is 5.02 Å². The molecule has 7 nitrogen and oxygen atoms in total. The Hall–Kier alpha value is -1.23. The quantitative estimate of drug-likeness (QED) is 0.483. The zero-order valence-electron chi connectivity index (χ0n) is 14.3. The Balaban J connectivity index is 2.06. The van der Waals surface area contributed by atoms with Crippen LogP contribution in [-0.2, 0) is 14.6 Å². The molecule has 2 aromatic rings. The zero-order chi connectivity index (χ0) is 19.3. The summed E-state index contributed by atoms with van der Waals surface area (Å²) >= 11 is 9.39. The van der Waals surface area contributed by atoms with Crippen LogP contribution in [-0.4, -0.2) is 57.0 Å². The predicted molar refractivity (Wildman–Crippen MR) is 102 cm³/mol. The van der Waals surface area contributed by atoms with E-state index in [0.29, 0.717) is 25.6 Å². The lowest BCUT2D eigenvalue weighted by molar-refractivity contribution is 0.0784. The summed E-state index contributed by atoms with van der Waals surface area (Å²) in [4.78, 5) is 10.2. The van der Waals surface area contributed by atoms with Crippen molar-refractivity contribution in [1.82, 2.24) is 9.97 Å². The van der Waals surface area contributed by atoms with Gasteiger partial charge in [-0.05, 0) is 28.8 Å². The van der Waals surface area contributed by atoms with Crippen LogP contribution in [0.15, 0.2) is 9.63 Å². The lowest BCUT2D eigenvalue weighted by atomic mass is 10.1. The number of nitrogens with zero attached hydrogens (tertiary/aromatic N) is 3. The summed E-state index contributed by atoms with van der Waals surface area (Å²) in [6.45, 7) is 1.88. The van der Waals surface area contributed by atoms with E-state index < -0.39 is 20.8 Å². The van der Waals surface area contributed by atoms with Crippen LogP contribution in [0.25, 0.3) is 10.9 Å². The second-order valence-corrected chi connectivity index (χ2v) is 9.59. The van der Waals surface area contributed by atoms with Gasteiger partial charge >= 0.3 is 0 Å². The molecule has 0 saturated carbocycles. The van der Waals surface area contributed by atoms with Crippen LogP contribution in [0.3, 0.4) is 0 Å². The van der Waals surface area contributed by atoms with Gasteiger partial charge in [0.2, 0.25) is 15.0 Å². The molecule has 3 heterocycles. The Morgan fingerprint density at radius 2 is 2.11 bits per heavy atom. The highest BCUT2D eigenvalue weighted by molar-refractivity contribution is 9.10. The smallest absolute Gasteiger partial charge is 0.249 e. The molecule has 2 aliphatic heterocycles. The van der Waals surface area contributed by atoms with Gasteiger partial charge in [0.05, 0.1) is 29.1 Å². The van der Waals surface area contributed by atoms with E-state index in [2.05, 4.69) is 25.9 Å². The number of hydrogen-bond donors (Lipinski definition) is 0. The Morgan fingerprint density at radius 3 is 2.78 bits per heavy atom. The van der Waals surface area contributed by atoms with Gasteiger partial charge in [0, 0.05) is 12.9 Å². The summed E-state index contributed by atoms with van der Waals surface area (Å²) in [5, 5.41) is -0.0948. The number of benzene rings is 1. The van der Waals surface area contributed by atoms with E-state index in [1.807, 2.05) is 4.90 Å². The maximum atomic E-state index is 14.9. The van der Waals surface area contributed by atoms with E-state index in [4.69, 9.17) is 21.1 Å². The van der Waals surface area contributed by atoms with Crippen molar-refractivity contribution in [2.45, 2.75) is 24.0 Å². The normalized spacial score (nSPS) is 20.4. The number of rotatable bonds is 2. The third-order valence-electron chi connectivity index (χ3n) is 4.65. The fourth-order valence-electron chi connectivity index (χ4n) is 3.39. The summed E-state index contributed by atoms with van der Waals surface area (Å²) in [7, 11) is -3.76. The number of anilines is 1. The first-order valence-corrected chi connectivity index (χ1v) is 11.4. The van der Waals surface area contributed by atoms with E-state index in [1.54, 1.807) is 0 Å². The highest BCUT2D eigenvalue weighted by atomic mass is 79.9. The molecule has 0 N–H and O–H groups in total. The van der Waals surface area contributed by atoms with Gasteiger partial charge in [0.25, 0.3) is 0 Å². The van der Waals surface area contributed by atoms with E-state index in [1.165, 1.54) is 0 Å². The molecule has 1 atom stereocenters. The molecule has 1 aromatic carbocycles. The topological polar surface area (TPSA) is 81.6 Å². The number of halogens is 3. The second kappa shape index (κ2) is 6.98. The minimum absolute atomic E-state index is 0.0229. The lowest BCUT2D eigenvalue weighted by Gasteiger charge is -2.34. The molecule has 1 unspecified atom stereocenters. The van der Waals surface area contributed by atoms with Crippen molar-refractivity contribution in [1.29, 1.82) is 0 Å². The van der Waals surface area contributed by atoms with Gasteiger partial charge in [-0.15, -0.1) is 0 Å². The largest absolute Gasteiger partial charge is 0.489 e. The molecule has 11 heteroatoms. The van der Waals surface area contributed by atoms with Crippen LogP contribution in [0.5, 0.6) is 5.75 Å². The third kappa shape index (κ3) is 3.26. The molecule has 0 aliphatic carbocycles. The molecular weight excluding hydrogens is 465 g/mol. The number of aromatic nitrogens is 2. The SMILES string of the molecule is CS(=O)(=O)c1nc2c3c(c(Cl)c(Br)c(F)c3n1)OCCN2C1CCCOC1. The van der Waals surface area contributed by atoms with Crippen LogP contribution < -0.4 is 9.64 Å². The highest BCUT2D eigenvalue weighted by Crippen LogP contribution is 2.46. The Kier molecular flexibility index (Phi) is 4.94. The van der Waals surface area contributed by atoms with Crippen molar-refractivity contribution in [3.05, 3.63) is 15.3 Å². The number of ether oxygens (including phenoxy) is 2. The van der Waals surface area contributed by atoms with E-state index >= 15 is 0 Å². The van der Waals surface area contributed by atoms with Crippen molar-refractivity contribution in [3.63, 3.8) is 0 Å². The van der Waals surface area contributed by atoms with Crippen molar-refractivity contribution in [2.24, 2.45) is 0 Å². The van der Waals surface area contributed by atoms with Gasteiger partial charge in [-0.1, -0.05) is 11.6 Å². The molecule has 27 heavy (non-hydrogen) atoms. The van der Waals surface area contributed by atoms with E-state index in [0.717, 1.165) is 19.1 Å². The first-order valence-electron chi connectivity index (χ1n) is 8.34. The molecule has 1 saturated heterocycles. The van der Waals surface area contributed by atoms with Gasteiger partial charge in [0.15, 0.2) is 11.6 Å². The van der Waals surface area contributed by atoms with Gasteiger partial charge in [0.1, 0.15) is 23.0 Å². The molecule has 0 amide bonds. The maximum Gasteiger partial charge on any atom is 0.249 e. The molecular formula is C16H16BrClFN3O4S. The van der Waals surface area contributed by atoms with Crippen molar-refractivity contribution in [3.8, 4) is 5.75 Å². The predicted octanol–water partition coefficient (Wildman–Crippen LogP) is 2.97. The summed E-state index contributed by atoms with van der Waals surface area (Å²) in [5.74, 6) is -0.205. The molecule has 4 rings (SSSR count). The average molecular weight is 481 g/mol. The van der Waals surface area contributed by atoms with Crippen LogP contribution >= 0.6 is 27.5 Å². The standard InChI is InChI=1S/C16H16BrClFN3O4S/c1-27(23,24)16-20-13-9-14(11(18)10(17)12(13)19)26-6-4-22(15(9)21-16)8-3-2-5-25-7-8/h8H,2-7H2,1H3. The summed E-state index contributed by atoms with van der Waals surface area (Å²) in [5.41, 5.74) is -0.143. The monoisotopic (exact) mass is 479 g/mol. The Bertz CT molecular complexity index is 1030. The third-order valence-corrected chi connectivity index (χ3v) is 6.83. The van der Waals surface area contributed by atoms with Crippen LogP contribution in [0.1, 0.15) is 12.8 Å². The average Bonchev–Trinajstić information content (AvgIpc) is 2.84. The summed E-state index contributed by atoms with van der Waals surface area (Å²) < 4.78 is 50.5. The van der Waals surface area contributed by atoms with Crippen molar-refractivity contribution in [2.75, 3.05) is 37.5 Å². The Morgan fingerprint density at radius 1 is 1.33 bits per heavy atom. The second-order valence-electron chi connectivity index (χ2n) is 6.51. The van der Waals surface area contributed by atoms with E-state index in [9.17, 15) is 12.8 Å². The fraction of sp³-hybridized carbons (Fsp3) is 0.500. The molecule has 146 valence electrons. The fourth-order valence-corrected chi connectivity index (χ4v) is 4.50. The first kappa shape index (κ1) is 19.1. The van der Waals surface area contributed by atoms with Crippen molar-refractivity contribution < 1.29 is 22.3 Å². The minimum atomic E-state index is -3.76. The van der Waals surface area contributed by atoms with E-state index in [-0.39, 0.29) is 38.8 Å². The van der Waals surface area contributed by atoms with Gasteiger partial charge < -0.3 is 14.4 Å². The van der Waals surface area contributed by atoms with Crippen molar-refractivity contribution >= 4 is 54.1 Å². The lowest BCUT2D eigenvalue weighted by Crippen LogP contribution is -2.43. The molecule has 1 fully saturated rings.